The molecule has 0 saturated carbocycles. The van der Waals surface area contributed by atoms with E-state index in [4.69, 9.17) is 4.42 Å². The van der Waals surface area contributed by atoms with Gasteiger partial charge in [-0.1, -0.05) is 19.1 Å². The third-order valence-corrected chi connectivity index (χ3v) is 3.72. The van der Waals surface area contributed by atoms with E-state index in [-0.39, 0.29) is 6.04 Å². The first-order valence-electron chi connectivity index (χ1n) is 7.41. The molecule has 1 N–H and O–H groups in total. The van der Waals surface area contributed by atoms with E-state index in [1.165, 1.54) is 11.1 Å². The molecule has 0 amide bonds. The van der Waals surface area contributed by atoms with Gasteiger partial charge in [-0.3, -0.25) is 4.98 Å². The molecule has 0 aliphatic rings. The molecule has 0 fully saturated rings. The number of aromatic nitrogens is 1. The Hall–Kier alpha value is -2.13. The standard InChI is InChI=1S/C18H20N2O/c1-3-9-20-17(18-13(2)8-11-21-18)15-6-7-16-14(12-15)5-4-10-19-16/h4-8,10-12,17,20H,3,9H2,1-2H3. The number of aryl methyl sites for hydroxylation is 1. The lowest BCUT2D eigenvalue weighted by Crippen LogP contribution is -2.23. The van der Waals surface area contributed by atoms with Crippen LogP contribution in [0.15, 0.2) is 53.3 Å². The maximum absolute atomic E-state index is 5.71. The van der Waals surface area contributed by atoms with Crippen LogP contribution in [0.25, 0.3) is 10.9 Å². The van der Waals surface area contributed by atoms with E-state index in [0.29, 0.717) is 0 Å². The van der Waals surface area contributed by atoms with Gasteiger partial charge in [0.15, 0.2) is 0 Å². The predicted octanol–water partition coefficient (Wildman–Crippen LogP) is 4.23. The molecular weight excluding hydrogens is 260 g/mol. The zero-order valence-corrected chi connectivity index (χ0v) is 12.5. The summed E-state index contributed by atoms with van der Waals surface area (Å²) in [6.07, 6.45) is 4.67. The summed E-state index contributed by atoms with van der Waals surface area (Å²) >= 11 is 0. The maximum Gasteiger partial charge on any atom is 0.128 e. The van der Waals surface area contributed by atoms with Crippen molar-refractivity contribution >= 4 is 10.9 Å². The van der Waals surface area contributed by atoms with E-state index in [2.05, 4.69) is 48.4 Å². The number of furan rings is 1. The number of pyridine rings is 1. The third kappa shape index (κ3) is 2.83. The Morgan fingerprint density at radius 3 is 2.90 bits per heavy atom. The lowest BCUT2D eigenvalue weighted by Gasteiger charge is -2.18. The van der Waals surface area contributed by atoms with Crippen molar-refractivity contribution < 1.29 is 4.42 Å². The fourth-order valence-electron chi connectivity index (χ4n) is 2.60. The number of hydrogen-bond donors (Lipinski definition) is 1. The first-order valence-corrected chi connectivity index (χ1v) is 7.41. The van der Waals surface area contributed by atoms with Gasteiger partial charge in [0, 0.05) is 11.6 Å². The Morgan fingerprint density at radius 1 is 1.24 bits per heavy atom. The van der Waals surface area contributed by atoms with E-state index in [1.54, 1.807) is 6.26 Å². The molecule has 21 heavy (non-hydrogen) atoms. The van der Waals surface area contributed by atoms with Gasteiger partial charge in [-0.15, -0.1) is 0 Å². The predicted molar refractivity (Wildman–Crippen MR) is 85.3 cm³/mol. The lowest BCUT2D eigenvalue weighted by atomic mass is 10.00. The van der Waals surface area contributed by atoms with Crippen LogP contribution >= 0.6 is 0 Å². The quantitative estimate of drug-likeness (QED) is 0.760. The van der Waals surface area contributed by atoms with Crippen molar-refractivity contribution in [2.24, 2.45) is 0 Å². The minimum absolute atomic E-state index is 0.0876. The number of nitrogens with one attached hydrogen (secondary N) is 1. The Balaban J connectivity index is 2.03. The highest BCUT2D eigenvalue weighted by molar-refractivity contribution is 5.79. The summed E-state index contributed by atoms with van der Waals surface area (Å²) in [6, 6.07) is 12.6. The molecule has 0 spiro atoms. The van der Waals surface area contributed by atoms with Crippen molar-refractivity contribution in [3.63, 3.8) is 0 Å². The van der Waals surface area contributed by atoms with Gasteiger partial charge in [0.2, 0.25) is 0 Å². The van der Waals surface area contributed by atoms with E-state index in [9.17, 15) is 0 Å². The van der Waals surface area contributed by atoms with Gasteiger partial charge >= 0.3 is 0 Å². The molecule has 0 aliphatic heterocycles. The molecule has 1 aromatic carbocycles. The molecule has 0 aliphatic carbocycles. The van der Waals surface area contributed by atoms with Crippen molar-refractivity contribution in [3.8, 4) is 0 Å². The van der Waals surface area contributed by atoms with Crippen molar-refractivity contribution in [3.05, 3.63) is 65.7 Å². The molecule has 3 rings (SSSR count). The van der Waals surface area contributed by atoms with Gasteiger partial charge in [-0.25, -0.2) is 0 Å². The second kappa shape index (κ2) is 6.10. The van der Waals surface area contributed by atoms with E-state index in [0.717, 1.165) is 29.6 Å². The summed E-state index contributed by atoms with van der Waals surface area (Å²) < 4.78 is 5.71. The summed E-state index contributed by atoms with van der Waals surface area (Å²) in [5, 5.41) is 4.73. The van der Waals surface area contributed by atoms with Gasteiger partial charge in [-0.2, -0.15) is 0 Å². The molecule has 2 aromatic heterocycles. The SMILES string of the molecule is CCCNC(c1ccc2ncccc2c1)c1occc1C. The van der Waals surface area contributed by atoms with Crippen LogP contribution in [0.2, 0.25) is 0 Å². The van der Waals surface area contributed by atoms with Crippen LogP contribution in [0.1, 0.15) is 36.3 Å². The molecule has 1 unspecified atom stereocenters. The first-order chi connectivity index (χ1) is 10.3. The molecule has 0 saturated heterocycles. The van der Waals surface area contributed by atoms with Gasteiger partial charge < -0.3 is 9.73 Å². The van der Waals surface area contributed by atoms with Crippen LogP contribution in [0.5, 0.6) is 0 Å². The summed E-state index contributed by atoms with van der Waals surface area (Å²) in [5.74, 6) is 0.992. The lowest BCUT2D eigenvalue weighted by molar-refractivity contribution is 0.444. The summed E-state index contributed by atoms with van der Waals surface area (Å²) in [6.45, 7) is 5.21. The van der Waals surface area contributed by atoms with E-state index in [1.807, 2.05) is 18.3 Å². The largest absolute Gasteiger partial charge is 0.467 e. The maximum atomic E-state index is 5.71. The number of hydrogen-bond acceptors (Lipinski definition) is 3. The smallest absolute Gasteiger partial charge is 0.128 e. The van der Waals surface area contributed by atoms with Gasteiger partial charge in [0.25, 0.3) is 0 Å². The highest BCUT2D eigenvalue weighted by Gasteiger charge is 2.18. The number of rotatable bonds is 5. The van der Waals surface area contributed by atoms with Crippen LogP contribution in [-0.4, -0.2) is 11.5 Å². The molecule has 3 aromatic rings. The summed E-state index contributed by atoms with van der Waals surface area (Å²) in [5.41, 5.74) is 3.41. The van der Waals surface area contributed by atoms with Gasteiger partial charge in [-0.05, 0) is 55.3 Å². The van der Waals surface area contributed by atoms with Crippen LogP contribution in [0.3, 0.4) is 0 Å². The molecule has 1 atom stereocenters. The Labute approximate surface area is 125 Å². The average Bonchev–Trinajstić information content (AvgIpc) is 2.94. The highest BCUT2D eigenvalue weighted by atomic mass is 16.3. The van der Waals surface area contributed by atoms with Crippen molar-refractivity contribution in [2.45, 2.75) is 26.3 Å². The molecule has 108 valence electrons. The number of benzene rings is 1. The zero-order chi connectivity index (χ0) is 14.7. The summed E-state index contributed by atoms with van der Waals surface area (Å²) in [4.78, 5) is 4.38. The summed E-state index contributed by atoms with van der Waals surface area (Å²) in [7, 11) is 0. The van der Waals surface area contributed by atoms with Crippen LogP contribution < -0.4 is 5.32 Å². The molecule has 0 radical (unpaired) electrons. The normalized spacial score (nSPS) is 12.7. The van der Waals surface area contributed by atoms with Gasteiger partial charge in [0.05, 0.1) is 17.8 Å². The fraction of sp³-hybridized carbons (Fsp3) is 0.278. The number of nitrogens with zero attached hydrogens (tertiary/aromatic N) is 1. The van der Waals surface area contributed by atoms with Crippen molar-refractivity contribution in [1.29, 1.82) is 0 Å². The van der Waals surface area contributed by atoms with E-state index < -0.39 is 0 Å². The third-order valence-electron chi connectivity index (χ3n) is 3.72. The molecule has 0 bridgehead atoms. The monoisotopic (exact) mass is 280 g/mol. The Morgan fingerprint density at radius 2 is 2.14 bits per heavy atom. The second-order valence-corrected chi connectivity index (χ2v) is 5.31. The highest BCUT2D eigenvalue weighted by Crippen LogP contribution is 2.27. The zero-order valence-electron chi connectivity index (χ0n) is 12.5. The van der Waals surface area contributed by atoms with Crippen LogP contribution in [0, 0.1) is 6.92 Å². The molecular formula is C18H20N2O. The molecule has 3 heteroatoms. The van der Waals surface area contributed by atoms with E-state index >= 15 is 0 Å². The molecule has 3 nitrogen and oxygen atoms in total. The minimum atomic E-state index is 0.0876. The van der Waals surface area contributed by atoms with Crippen LogP contribution in [-0.2, 0) is 0 Å². The van der Waals surface area contributed by atoms with Crippen LogP contribution in [0.4, 0.5) is 0 Å². The topological polar surface area (TPSA) is 38.1 Å². The van der Waals surface area contributed by atoms with Crippen molar-refractivity contribution in [1.82, 2.24) is 10.3 Å². The van der Waals surface area contributed by atoms with Crippen molar-refractivity contribution in [2.75, 3.05) is 6.54 Å². The fourth-order valence-corrected chi connectivity index (χ4v) is 2.60. The second-order valence-electron chi connectivity index (χ2n) is 5.31. The molecule has 2 heterocycles. The first kappa shape index (κ1) is 13.8. The average molecular weight is 280 g/mol. The van der Waals surface area contributed by atoms with Gasteiger partial charge in [0.1, 0.15) is 5.76 Å². The Bertz CT molecular complexity index is 733. The Kier molecular flexibility index (Phi) is 4.02. The minimum Gasteiger partial charge on any atom is -0.467 e. The number of fused-ring (bicyclic) bond motifs is 1.